The zero-order chi connectivity index (χ0) is 28.3. The molecule has 0 spiro atoms. The molecule has 8 heteroatoms. The Kier molecular flexibility index (Phi) is 7.74. The van der Waals surface area contributed by atoms with Crippen molar-refractivity contribution in [1.82, 2.24) is 14.9 Å². The fourth-order valence-corrected chi connectivity index (χ4v) is 6.69. The van der Waals surface area contributed by atoms with Gasteiger partial charge in [-0.15, -0.1) is 0 Å². The number of aryl methyl sites for hydroxylation is 1. The summed E-state index contributed by atoms with van der Waals surface area (Å²) in [7, 11) is 0. The number of pyridine rings is 1. The highest BCUT2D eigenvalue weighted by Crippen LogP contribution is 2.45. The lowest BCUT2D eigenvalue weighted by atomic mass is 9.96. The van der Waals surface area contributed by atoms with Crippen LogP contribution in [0.4, 0.5) is 11.4 Å². The van der Waals surface area contributed by atoms with Crippen LogP contribution in [0.5, 0.6) is 5.75 Å². The number of rotatable bonds is 8. The van der Waals surface area contributed by atoms with Crippen molar-refractivity contribution >= 4 is 34.6 Å². The average molecular weight is 566 g/mol. The SMILES string of the molecule is Cc1cc(C2C(c3ccccn3)NC(=S)N2c2ccc(NC(=O)COc3ccccc3)cc2)c(C)n1C1CCCC1. The Morgan fingerprint density at radius 3 is 2.46 bits per heavy atom. The topological polar surface area (TPSA) is 71.4 Å². The van der Waals surface area contributed by atoms with Gasteiger partial charge in [0, 0.05) is 35.0 Å². The summed E-state index contributed by atoms with van der Waals surface area (Å²) in [6.45, 7) is 4.40. The monoisotopic (exact) mass is 565 g/mol. The normalized spacial score (nSPS) is 18.9. The van der Waals surface area contributed by atoms with Crippen LogP contribution >= 0.6 is 12.2 Å². The third-order valence-corrected chi connectivity index (χ3v) is 8.49. The van der Waals surface area contributed by atoms with Gasteiger partial charge in [0.2, 0.25) is 0 Å². The number of aromatic nitrogens is 2. The van der Waals surface area contributed by atoms with Crippen molar-refractivity contribution < 1.29 is 9.53 Å². The molecule has 2 N–H and O–H groups in total. The molecule has 2 unspecified atom stereocenters. The fraction of sp³-hybridized carbons (Fsp3) is 0.303. The van der Waals surface area contributed by atoms with E-state index in [0.717, 1.165) is 11.4 Å². The molecule has 41 heavy (non-hydrogen) atoms. The van der Waals surface area contributed by atoms with Crippen LogP contribution in [0.3, 0.4) is 0 Å². The Morgan fingerprint density at radius 1 is 1.02 bits per heavy atom. The molecule has 210 valence electrons. The van der Waals surface area contributed by atoms with Crippen LogP contribution in [0.25, 0.3) is 0 Å². The molecule has 2 aliphatic rings. The minimum Gasteiger partial charge on any atom is -0.484 e. The summed E-state index contributed by atoms with van der Waals surface area (Å²) in [5.41, 5.74) is 6.45. The predicted octanol–water partition coefficient (Wildman–Crippen LogP) is 6.81. The zero-order valence-electron chi connectivity index (χ0n) is 23.4. The molecule has 1 saturated carbocycles. The number of nitrogens with zero attached hydrogens (tertiary/aromatic N) is 3. The van der Waals surface area contributed by atoms with Gasteiger partial charge in [-0.05, 0) is 99.1 Å². The van der Waals surface area contributed by atoms with Crippen LogP contribution < -0.4 is 20.3 Å². The van der Waals surface area contributed by atoms with Crippen LogP contribution in [0.15, 0.2) is 85.1 Å². The van der Waals surface area contributed by atoms with Crippen molar-refractivity contribution in [3.8, 4) is 5.75 Å². The first-order valence-corrected chi connectivity index (χ1v) is 14.7. The van der Waals surface area contributed by atoms with Gasteiger partial charge in [0.15, 0.2) is 11.7 Å². The van der Waals surface area contributed by atoms with Crippen molar-refractivity contribution in [2.24, 2.45) is 0 Å². The number of ether oxygens (including phenoxy) is 1. The molecule has 1 aliphatic heterocycles. The fourth-order valence-electron chi connectivity index (χ4n) is 6.34. The first-order valence-electron chi connectivity index (χ1n) is 14.3. The number of para-hydroxylation sites is 1. The highest BCUT2D eigenvalue weighted by Gasteiger charge is 2.42. The van der Waals surface area contributed by atoms with E-state index in [-0.39, 0.29) is 24.6 Å². The summed E-state index contributed by atoms with van der Waals surface area (Å²) >= 11 is 5.94. The van der Waals surface area contributed by atoms with E-state index in [1.807, 2.05) is 72.9 Å². The summed E-state index contributed by atoms with van der Waals surface area (Å²) < 4.78 is 8.12. The molecule has 3 heterocycles. The second-order valence-corrected chi connectivity index (χ2v) is 11.2. The van der Waals surface area contributed by atoms with Gasteiger partial charge in [-0.3, -0.25) is 9.78 Å². The molecule has 2 fully saturated rings. The van der Waals surface area contributed by atoms with Gasteiger partial charge in [-0.1, -0.05) is 37.1 Å². The first-order chi connectivity index (χ1) is 20.0. The van der Waals surface area contributed by atoms with E-state index in [1.165, 1.54) is 42.6 Å². The number of amides is 1. The molecular weight excluding hydrogens is 530 g/mol. The maximum atomic E-state index is 12.5. The third kappa shape index (κ3) is 5.57. The van der Waals surface area contributed by atoms with Gasteiger partial charge >= 0.3 is 0 Å². The van der Waals surface area contributed by atoms with Gasteiger partial charge in [0.1, 0.15) is 5.75 Å². The highest BCUT2D eigenvalue weighted by molar-refractivity contribution is 7.80. The predicted molar refractivity (Wildman–Crippen MR) is 166 cm³/mol. The summed E-state index contributed by atoms with van der Waals surface area (Å²) in [5, 5.41) is 7.15. The molecule has 1 aliphatic carbocycles. The number of carbonyl (C=O) groups excluding carboxylic acids is 1. The van der Waals surface area contributed by atoms with Gasteiger partial charge in [-0.2, -0.15) is 0 Å². The Morgan fingerprint density at radius 2 is 1.76 bits per heavy atom. The average Bonchev–Trinajstić information content (AvgIpc) is 3.71. The molecule has 2 aromatic heterocycles. The number of hydrogen-bond donors (Lipinski definition) is 2. The summed E-state index contributed by atoms with van der Waals surface area (Å²) in [6, 6.07) is 25.9. The minimum absolute atomic E-state index is 0.0592. The van der Waals surface area contributed by atoms with Crippen LogP contribution in [-0.4, -0.2) is 27.2 Å². The van der Waals surface area contributed by atoms with E-state index in [1.54, 1.807) is 0 Å². The number of hydrogen-bond acceptors (Lipinski definition) is 4. The van der Waals surface area contributed by atoms with E-state index >= 15 is 0 Å². The second-order valence-electron chi connectivity index (χ2n) is 10.8. The summed E-state index contributed by atoms with van der Waals surface area (Å²) in [4.78, 5) is 19.4. The van der Waals surface area contributed by atoms with Crippen molar-refractivity contribution in [2.45, 2.75) is 57.7 Å². The van der Waals surface area contributed by atoms with Gasteiger partial charge in [0.05, 0.1) is 17.8 Å². The van der Waals surface area contributed by atoms with E-state index in [9.17, 15) is 4.79 Å². The smallest absolute Gasteiger partial charge is 0.262 e. The lowest BCUT2D eigenvalue weighted by molar-refractivity contribution is -0.118. The molecule has 1 saturated heterocycles. The number of nitrogens with one attached hydrogen (secondary N) is 2. The molecule has 2 aromatic carbocycles. The van der Waals surface area contributed by atoms with Crippen LogP contribution in [-0.2, 0) is 4.79 Å². The Balaban J connectivity index is 1.27. The van der Waals surface area contributed by atoms with Crippen molar-refractivity contribution in [3.63, 3.8) is 0 Å². The van der Waals surface area contributed by atoms with Crippen LogP contribution in [0.2, 0.25) is 0 Å². The Bertz CT molecular complexity index is 1510. The minimum atomic E-state index is -0.215. The zero-order valence-corrected chi connectivity index (χ0v) is 24.2. The van der Waals surface area contributed by atoms with E-state index < -0.39 is 0 Å². The number of benzene rings is 2. The van der Waals surface area contributed by atoms with Gasteiger partial charge < -0.3 is 24.8 Å². The standard InChI is InChI=1S/C33H35N5O2S/c1-22-20-28(23(2)37(22)25-10-6-7-11-25)32-31(29-14-8-9-19-34-29)36-33(41)38(32)26-17-15-24(16-18-26)35-30(39)21-40-27-12-4-3-5-13-27/h3-5,8-9,12-20,25,31-32H,6-7,10-11,21H2,1-2H3,(H,35,39)(H,36,41). The maximum Gasteiger partial charge on any atom is 0.262 e. The van der Waals surface area contributed by atoms with Gasteiger partial charge in [0.25, 0.3) is 5.91 Å². The summed E-state index contributed by atoms with van der Waals surface area (Å²) in [5.74, 6) is 0.446. The largest absolute Gasteiger partial charge is 0.484 e. The quantitative estimate of drug-likeness (QED) is 0.229. The highest BCUT2D eigenvalue weighted by atomic mass is 32.1. The molecule has 4 aromatic rings. The number of carbonyl (C=O) groups is 1. The molecule has 1 amide bonds. The number of thiocarbonyl (C=S) groups is 1. The van der Waals surface area contributed by atoms with E-state index in [0.29, 0.717) is 22.6 Å². The van der Waals surface area contributed by atoms with Crippen molar-refractivity contribution in [3.05, 3.63) is 108 Å². The molecule has 0 radical (unpaired) electrons. The van der Waals surface area contributed by atoms with Crippen molar-refractivity contribution in [2.75, 3.05) is 16.8 Å². The Hall–Kier alpha value is -4.17. The molecule has 2 atom stereocenters. The van der Waals surface area contributed by atoms with E-state index in [2.05, 4.69) is 46.1 Å². The van der Waals surface area contributed by atoms with Crippen molar-refractivity contribution in [1.29, 1.82) is 0 Å². The molecule has 6 rings (SSSR count). The third-order valence-electron chi connectivity index (χ3n) is 8.17. The summed E-state index contributed by atoms with van der Waals surface area (Å²) in [6.07, 6.45) is 6.87. The first kappa shape index (κ1) is 27.0. The molecular formula is C33H35N5O2S. The van der Waals surface area contributed by atoms with Crippen LogP contribution in [0.1, 0.15) is 66.5 Å². The molecule has 0 bridgehead atoms. The lowest BCUT2D eigenvalue weighted by Crippen LogP contribution is -2.29. The number of anilines is 2. The Labute approximate surface area is 246 Å². The van der Waals surface area contributed by atoms with Gasteiger partial charge in [-0.25, -0.2) is 0 Å². The molecule has 7 nitrogen and oxygen atoms in total. The van der Waals surface area contributed by atoms with E-state index in [4.69, 9.17) is 21.9 Å². The maximum absolute atomic E-state index is 12.5. The second kappa shape index (κ2) is 11.7. The van der Waals surface area contributed by atoms with Crippen LogP contribution in [0, 0.1) is 13.8 Å². The lowest BCUT2D eigenvalue weighted by Gasteiger charge is -2.28.